The Morgan fingerprint density at radius 1 is 1.45 bits per heavy atom. The summed E-state index contributed by atoms with van der Waals surface area (Å²) < 4.78 is 4.98. The van der Waals surface area contributed by atoms with E-state index in [4.69, 9.17) is 9.84 Å². The number of esters is 1. The molecule has 20 heavy (non-hydrogen) atoms. The number of carbonyl (C=O) groups is 2. The van der Waals surface area contributed by atoms with E-state index in [0.717, 1.165) is 0 Å². The van der Waals surface area contributed by atoms with Gasteiger partial charge in [-0.25, -0.2) is 9.78 Å². The first-order valence-electron chi connectivity index (χ1n) is 6.54. The van der Waals surface area contributed by atoms with E-state index in [1.165, 1.54) is 6.20 Å². The molecule has 1 rings (SSSR count). The van der Waals surface area contributed by atoms with Gasteiger partial charge in [0.25, 0.3) is 0 Å². The Morgan fingerprint density at radius 3 is 2.70 bits per heavy atom. The van der Waals surface area contributed by atoms with Crippen molar-refractivity contribution in [1.29, 1.82) is 0 Å². The highest BCUT2D eigenvalue weighted by atomic mass is 16.5. The molecule has 0 aliphatic rings. The van der Waals surface area contributed by atoms with Crippen LogP contribution in [-0.4, -0.2) is 41.7 Å². The number of anilines is 1. The number of carboxylic acids is 1. The van der Waals surface area contributed by atoms with Gasteiger partial charge >= 0.3 is 11.9 Å². The van der Waals surface area contributed by atoms with Gasteiger partial charge in [0.15, 0.2) is 0 Å². The fourth-order valence-electron chi connectivity index (χ4n) is 1.85. The number of hydrogen-bond acceptors (Lipinski definition) is 5. The second kappa shape index (κ2) is 7.47. The lowest BCUT2D eigenvalue weighted by atomic mass is 10.1. The van der Waals surface area contributed by atoms with Crippen LogP contribution in [-0.2, 0) is 9.53 Å². The molecule has 0 aliphatic carbocycles. The van der Waals surface area contributed by atoms with Crippen LogP contribution in [0.3, 0.4) is 0 Å². The summed E-state index contributed by atoms with van der Waals surface area (Å²) in [6.07, 6.45) is 1.53. The summed E-state index contributed by atoms with van der Waals surface area (Å²) in [5.74, 6) is -0.866. The number of aliphatic carboxylic acids is 1. The number of rotatable bonds is 7. The van der Waals surface area contributed by atoms with Crippen LogP contribution in [0.15, 0.2) is 18.3 Å². The highest BCUT2D eigenvalue weighted by molar-refractivity contribution is 5.95. The van der Waals surface area contributed by atoms with Gasteiger partial charge in [0.05, 0.1) is 6.61 Å². The largest absolute Gasteiger partial charge is 0.480 e. The molecule has 1 aromatic rings. The van der Waals surface area contributed by atoms with E-state index in [1.807, 2.05) is 13.8 Å². The van der Waals surface area contributed by atoms with E-state index >= 15 is 0 Å². The molecule has 0 amide bonds. The van der Waals surface area contributed by atoms with Gasteiger partial charge in [0.2, 0.25) is 0 Å². The molecule has 0 aromatic carbocycles. The lowest BCUT2D eigenvalue weighted by Gasteiger charge is -2.25. The third kappa shape index (κ3) is 4.53. The summed E-state index contributed by atoms with van der Waals surface area (Å²) in [4.78, 5) is 28.6. The topological polar surface area (TPSA) is 79.7 Å². The standard InChI is InChI=1S/C14H20N2O4/c1-4-20-14(19)11-6-5-7-15-13(11)16(8-10(2)3)9-12(17)18/h5-7,10H,4,8-9H2,1-3H3,(H,17,18). The van der Waals surface area contributed by atoms with E-state index < -0.39 is 11.9 Å². The third-order valence-electron chi connectivity index (χ3n) is 2.49. The van der Waals surface area contributed by atoms with Gasteiger partial charge in [-0.15, -0.1) is 0 Å². The molecule has 0 unspecified atom stereocenters. The Kier molecular flexibility index (Phi) is 5.96. The Morgan fingerprint density at radius 2 is 2.15 bits per heavy atom. The first-order chi connectivity index (χ1) is 9.45. The lowest BCUT2D eigenvalue weighted by Crippen LogP contribution is -2.35. The van der Waals surface area contributed by atoms with Gasteiger partial charge in [-0.1, -0.05) is 13.8 Å². The summed E-state index contributed by atoms with van der Waals surface area (Å²) in [6.45, 7) is 6.22. The Labute approximate surface area is 118 Å². The number of aromatic nitrogens is 1. The first kappa shape index (κ1) is 15.9. The normalized spacial score (nSPS) is 10.4. The average Bonchev–Trinajstić information content (AvgIpc) is 2.37. The maximum Gasteiger partial charge on any atom is 0.341 e. The average molecular weight is 280 g/mol. The SMILES string of the molecule is CCOC(=O)c1cccnc1N(CC(=O)O)CC(C)C. The highest BCUT2D eigenvalue weighted by Crippen LogP contribution is 2.19. The Balaban J connectivity index is 3.11. The second-order valence-electron chi connectivity index (χ2n) is 4.76. The van der Waals surface area contributed by atoms with Gasteiger partial charge in [-0.3, -0.25) is 4.79 Å². The van der Waals surface area contributed by atoms with Crippen LogP contribution in [0.2, 0.25) is 0 Å². The van der Waals surface area contributed by atoms with Crippen LogP contribution in [0.25, 0.3) is 0 Å². The smallest absolute Gasteiger partial charge is 0.341 e. The van der Waals surface area contributed by atoms with Gasteiger partial charge in [0, 0.05) is 12.7 Å². The highest BCUT2D eigenvalue weighted by Gasteiger charge is 2.21. The van der Waals surface area contributed by atoms with Gasteiger partial charge < -0.3 is 14.7 Å². The quantitative estimate of drug-likeness (QED) is 0.767. The van der Waals surface area contributed by atoms with Crippen LogP contribution >= 0.6 is 0 Å². The van der Waals surface area contributed by atoms with E-state index in [-0.39, 0.29) is 24.6 Å². The van der Waals surface area contributed by atoms with E-state index in [0.29, 0.717) is 12.4 Å². The molecule has 6 heteroatoms. The zero-order valence-electron chi connectivity index (χ0n) is 12.0. The van der Waals surface area contributed by atoms with Gasteiger partial charge in [0.1, 0.15) is 17.9 Å². The van der Waals surface area contributed by atoms with Gasteiger partial charge in [-0.05, 0) is 25.0 Å². The number of hydrogen-bond donors (Lipinski definition) is 1. The monoisotopic (exact) mass is 280 g/mol. The zero-order chi connectivity index (χ0) is 15.1. The molecule has 0 atom stereocenters. The molecular formula is C14H20N2O4. The van der Waals surface area contributed by atoms with Crippen molar-refractivity contribution in [2.45, 2.75) is 20.8 Å². The van der Waals surface area contributed by atoms with Crippen molar-refractivity contribution in [2.24, 2.45) is 5.92 Å². The van der Waals surface area contributed by atoms with Crippen LogP contribution in [0.5, 0.6) is 0 Å². The summed E-state index contributed by atoms with van der Waals surface area (Å²) in [7, 11) is 0. The molecule has 0 bridgehead atoms. The summed E-state index contributed by atoms with van der Waals surface area (Å²) in [5.41, 5.74) is 0.288. The maximum atomic E-state index is 11.9. The Bertz CT molecular complexity index is 474. The van der Waals surface area contributed by atoms with Crippen molar-refractivity contribution in [3.8, 4) is 0 Å². The lowest BCUT2D eigenvalue weighted by molar-refractivity contribution is -0.135. The predicted octanol–water partition coefficient (Wildman–Crippen LogP) is 1.81. The van der Waals surface area contributed by atoms with Crippen LogP contribution in [0.4, 0.5) is 5.82 Å². The molecule has 1 heterocycles. The van der Waals surface area contributed by atoms with Crippen molar-refractivity contribution < 1.29 is 19.4 Å². The fourth-order valence-corrected chi connectivity index (χ4v) is 1.85. The molecule has 1 aromatic heterocycles. The summed E-state index contributed by atoms with van der Waals surface area (Å²) >= 11 is 0. The predicted molar refractivity (Wildman–Crippen MR) is 74.9 cm³/mol. The number of carbonyl (C=O) groups excluding carboxylic acids is 1. The minimum Gasteiger partial charge on any atom is -0.480 e. The van der Waals surface area contributed by atoms with Crippen molar-refractivity contribution in [3.05, 3.63) is 23.9 Å². The molecular weight excluding hydrogens is 260 g/mol. The van der Waals surface area contributed by atoms with E-state index in [1.54, 1.807) is 24.0 Å². The third-order valence-corrected chi connectivity index (χ3v) is 2.49. The zero-order valence-corrected chi connectivity index (χ0v) is 12.0. The van der Waals surface area contributed by atoms with Crippen LogP contribution < -0.4 is 4.90 Å². The second-order valence-corrected chi connectivity index (χ2v) is 4.76. The number of carboxylic acid groups (broad SMARTS) is 1. The van der Waals surface area contributed by atoms with Gasteiger partial charge in [-0.2, -0.15) is 0 Å². The molecule has 0 saturated carbocycles. The van der Waals surface area contributed by atoms with Crippen molar-refractivity contribution >= 4 is 17.8 Å². The minimum absolute atomic E-state index is 0.207. The van der Waals surface area contributed by atoms with Crippen LogP contribution in [0, 0.1) is 5.92 Å². The molecule has 0 radical (unpaired) electrons. The maximum absolute atomic E-state index is 11.9. The molecule has 0 saturated heterocycles. The summed E-state index contributed by atoms with van der Waals surface area (Å²) in [6, 6.07) is 3.22. The fraction of sp³-hybridized carbons (Fsp3) is 0.500. The van der Waals surface area contributed by atoms with Crippen LogP contribution in [0.1, 0.15) is 31.1 Å². The molecule has 0 fully saturated rings. The summed E-state index contributed by atoms with van der Waals surface area (Å²) in [5, 5.41) is 9.01. The number of nitrogens with zero attached hydrogens (tertiary/aromatic N) is 2. The molecule has 1 N–H and O–H groups in total. The number of ether oxygens (including phenoxy) is 1. The van der Waals surface area contributed by atoms with Crippen molar-refractivity contribution in [3.63, 3.8) is 0 Å². The van der Waals surface area contributed by atoms with Crippen molar-refractivity contribution in [1.82, 2.24) is 4.98 Å². The Hall–Kier alpha value is -2.11. The van der Waals surface area contributed by atoms with Crippen molar-refractivity contribution in [2.75, 3.05) is 24.6 Å². The molecule has 0 spiro atoms. The molecule has 6 nitrogen and oxygen atoms in total. The van der Waals surface area contributed by atoms with E-state index in [2.05, 4.69) is 4.98 Å². The minimum atomic E-state index is -0.967. The molecule has 110 valence electrons. The van der Waals surface area contributed by atoms with E-state index in [9.17, 15) is 9.59 Å². The molecule has 0 aliphatic heterocycles. The number of pyridine rings is 1. The first-order valence-corrected chi connectivity index (χ1v) is 6.54.